The Hall–Kier alpha value is -0.120. The van der Waals surface area contributed by atoms with Crippen molar-refractivity contribution in [1.82, 2.24) is 4.90 Å². The van der Waals surface area contributed by atoms with Crippen LogP contribution >= 0.6 is 0 Å². The van der Waals surface area contributed by atoms with Crippen LogP contribution in [0.25, 0.3) is 0 Å². The van der Waals surface area contributed by atoms with Crippen LogP contribution in [0, 0.1) is 0 Å². The van der Waals surface area contributed by atoms with Gasteiger partial charge in [0.1, 0.15) is 0 Å². The van der Waals surface area contributed by atoms with E-state index in [2.05, 4.69) is 18.7 Å². The van der Waals surface area contributed by atoms with Crippen LogP contribution in [0.5, 0.6) is 0 Å². The summed E-state index contributed by atoms with van der Waals surface area (Å²) in [5.74, 6) is 0. The monoisotopic (exact) mass is 214 g/mol. The van der Waals surface area contributed by atoms with Gasteiger partial charge < -0.3 is 15.4 Å². The molecule has 3 heteroatoms. The Morgan fingerprint density at radius 2 is 1.80 bits per heavy atom. The van der Waals surface area contributed by atoms with E-state index in [0.29, 0.717) is 6.61 Å². The lowest BCUT2D eigenvalue weighted by Crippen LogP contribution is -2.43. The van der Waals surface area contributed by atoms with Crippen molar-refractivity contribution in [2.75, 3.05) is 32.8 Å². The van der Waals surface area contributed by atoms with Crippen LogP contribution in [0.2, 0.25) is 0 Å². The van der Waals surface area contributed by atoms with Gasteiger partial charge in [0.2, 0.25) is 0 Å². The Kier molecular flexibility index (Phi) is 5.58. The summed E-state index contributed by atoms with van der Waals surface area (Å²) in [7, 11) is 0. The average Bonchev–Trinajstić information content (AvgIpc) is 2.77. The van der Waals surface area contributed by atoms with Crippen molar-refractivity contribution in [3.05, 3.63) is 0 Å². The number of likely N-dealkylation sites (tertiary alicyclic amines) is 1. The smallest absolute Gasteiger partial charge is 0.0646 e. The molecule has 1 fully saturated rings. The Balaban J connectivity index is 2.04. The minimum atomic E-state index is -0.106. The van der Waals surface area contributed by atoms with E-state index in [1.165, 1.54) is 25.9 Å². The first kappa shape index (κ1) is 12.9. The third kappa shape index (κ3) is 4.49. The number of nitrogens with zero attached hydrogens (tertiary/aromatic N) is 1. The second kappa shape index (κ2) is 6.46. The van der Waals surface area contributed by atoms with Crippen molar-refractivity contribution in [1.29, 1.82) is 0 Å². The van der Waals surface area contributed by atoms with Crippen molar-refractivity contribution in [2.24, 2.45) is 5.73 Å². The van der Waals surface area contributed by atoms with Gasteiger partial charge in [-0.15, -0.1) is 0 Å². The van der Waals surface area contributed by atoms with Crippen LogP contribution in [0.4, 0.5) is 0 Å². The standard InChI is InChI=1S/C12H26N2O/c1-3-12(13,4-2)11-15-10-9-14-7-5-6-8-14/h3-11,13H2,1-2H3. The number of nitrogens with two attached hydrogens (primary N) is 1. The van der Waals surface area contributed by atoms with Gasteiger partial charge in [-0.3, -0.25) is 0 Å². The summed E-state index contributed by atoms with van der Waals surface area (Å²) in [6.45, 7) is 9.37. The van der Waals surface area contributed by atoms with Gasteiger partial charge in [-0.1, -0.05) is 13.8 Å². The lowest BCUT2D eigenvalue weighted by Gasteiger charge is -2.26. The molecule has 2 N–H and O–H groups in total. The van der Waals surface area contributed by atoms with Crippen LogP contribution < -0.4 is 5.73 Å². The maximum atomic E-state index is 6.15. The van der Waals surface area contributed by atoms with Crippen molar-refractivity contribution in [3.8, 4) is 0 Å². The maximum absolute atomic E-state index is 6.15. The molecule has 0 bridgehead atoms. The summed E-state index contributed by atoms with van der Waals surface area (Å²) < 4.78 is 5.68. The van der Waals surface area contributed by atoms with Crippen molar-refractivity contribution in [2.45, 2.75) is 45.1 Å². The predicted octanol–water partition coefficient (Wildman–Crippen LogP) is 1.62. The van der Waals surface area contributed by atoms with Gasteiger partial charge in [-0.2, -0.15) is 0 Å². The number of hydrogen-bond acceptors (Lipinski definition) is 3. The summed E-state index contributed by atoms with van der Waals surface area (Å²) in [6, 6.07) is 0. The van der Waals surface area contributed by atoms with Crippen LogP contribution in [0.3, 0.4) is 0 Å². The SMILES string of the molecule is CCC(N)(CC)COCCN1CCCC1. The molecule has 3 nitrogen and oxygen atoms in total. The Bertz CT molecular complexity index is 163. The van der Waals surface area contributed by atoms with Gasteiger partial charge >= 0.3 is 0 Å². The topological polar surface area (TPSA) is 38.5 Å². The lowest BCUT2D eigenvalue weighted by atomic mass is 9.96. The molecule has 0 aliphatic carbocycles. The third-order valence-corrected chi connectivity index (χ3v) is 3.55. The average molecular weight is 214 g/mol. The van der Waals surface area contributed by atoms with Crippen molar-refractivity contribution in [3.63, 3.8) is 0 Å². The summed E-state index contributed by atoms with van der Waals surface area (Å²) in [5, 5.41) is 0. The second-order valence-corrected chi connectivity index (χ2v) is 4.67. The minimum absolute atomic E-state index is 0.106. The fourth-order valence-electron chi connectivity index (χ4n) is 1.93. The van der Waals surface area contributed by atoms with Crippen LogP contribution in [0.15, 0.2) is 0 Å². The molecule has 0 spiro atoms. The van der Waals surface area contributed by atoms with Crippen molar-refractivity contribution >= 4 is 0 Å². The lowest BCUT2D eigenvalue weighted by molar-refractivity contribution is 0.0673. The molecule has 0 unspecified atom stereocenters. The molecule has 0 amide bonds. The molecule has 0 aromatic heterocycles. The molecule has 1 saturated heterocycles. The van der Waals surface area contributed by atoms with E-state index in [1.54, 1.807) is 0 Å². The molecule has 1 aliphatic rings. The molecule has 90 valence electrons. The normalized spacial score (nSPS) is 18.6. The quantitative estimate of drug-likeness (QED) is 0.654. The van der Waals surface area contributed by atoms with Gasteiger partial charge in [0.15, 0.2) is 0 Å². The van der Waals surface area contributed by atoms with E-state index < -0.39 is 0 Å². The number of hydrogen-bond donors (Lipinski definition) is 1. The minimum Gasteiger partial charge on any atom is -0.378 e. The molecule has 0 atom stereocenters. The van der Waals surface area contributed by atoms with E-state index in [1.807, 2.05) is 0 Å². The zero-order valence-corrected chi connectivity index (χ0v) is 10.3. The third-order valence-electron chi connectivity index (χ3n) is 3.55. The zero-order valence-electron chi connectivity index (χ0n) is 10.3. The van der Waals surface area contributed by atoms with Gasteiger partial charge in [0.05, 0.1) is 13.2 Å². The van der Waals surface area contributed by atoms with Gasteiger partial charge in [0.25, 0.3) is 0 Å². The molecular formula is C12H26N2O. The van der Waals surface area contributed by atoms with Crippen LogP contribution in [0.1, 0.15) is 39.5 Å². The van der Waals surface area contributed by atoms with E-state index in [-0.39, 0.29) is 5.54 Å². The summed E-state index contributed by atoms with van der Waals surface area (Å²) in [6.07, 6.45) is 4.69. The Labute approximate surface area is 94.0 Å². The fourth-order valence-corrected chi connectivity index (χ4v) is 1.93. The summed E-state index contributed by atoms with van der Waals surface area (Å²) >= 11 is 0. The first-order valence-corrected chi connectivity index (χ1v) is 6.29. The first-order valence-electron chi connectivity index (χ1n) is 6.29. The van der Waals surface area contributed by atoms with E-state index in [0.717, 1.165) is 26.0 Å². The molecular weight excluding hydrogens is 188 g/mol. The van der Waals surface area contributed by atoms with Gasteiger partial charge in [-0.25, -0.2) is 0 Å². The summed E-state index contributed by atoms with van der Waals surface area (Å²) in [5.41, 5.74) is 6.05. The second-order valence-electron chi connectivity index (χ2n) is 4.67. The van der Waals surface area contributed by atoms with E-state index >= 15 is 0 Å². The molecule has 1 aliphatic heterocycles. The number of ether oxygens (including phenoxy) is 1. The summed E-state index contributed by atoms with van der Waals surface area (Å²) in [4.78, 5) is 2.47. The van der Waals surface area contributed by atoms with Gasteiger partial charge in [0, 0.05) is 12.1 Å². The van der Waals surface area contributed by atoms with Crippen LogP contribution in [-0.4, -0.2) is 43.3 Å². The predicted molar refractivity (Wildman–Crippen MR) is 64.0 cm³/mol. The largest absolute Gasteiger partial charge is 0.378 e. The van der Waals surface area contributed by atoms with E-state index in [9.17, 15) is 0 Å². The maximum Gasteiger partial charge on any atom is 0.0646 e. The molecule has 0 radical (unpaired) electrons. The van der Waals surface area contributed by atoms with E-state index in [4.69, 9.17) is 10.5 Å². The van der Waals surface area contributed by atoms with Crippen LogP contribution in [-0.2, 0) is 4.74 Å². The molecule has 0 aromatic carbocycles. The van der Waals surface area contributed by atoms with Gasteiger partial charge in [-0.05, 0) is 38.8 Å². The van der Waals surface area contributed by atoms with Crippen molar-refractivity contribution < 1.29 is 4.74 Å². The molecule has 1 heterocycles. The highest BCUT2D eigenvalue weighted by atomic mass is 16.5. The fraction of sp³-hybridized carbons (Fsp3) is 1.00. The molecule has 0 aromatic rings. The molecule has 1 rings (SSSR count). The highest BCUT2D eigenvalue weighted by Gasteiger charge is 2.20. The zero-order chi connectivity index (χ0) is 11.1. The highest BCUT2D eigenvalue weighted by Crippen LogP contribution is 2.11. The molecule has 15 heavy (non-hydrogen) atoms. The highest BCUT2D eigenvalue weighted by molar-refractivity contribution is 4.80. The molecule has 0 saturated carbocycles. The Morgan fingerprint density at radius 3 is 2.33 bits per heavy atom. The number of rotatable bonds is 7. The Morgan fingerprint density at radius 1 is 1.20 bits per heavy atom. The first-order chi connectivity index (χ1) is 7.20.